The molecule has 0 aliphatic heterocycles. The van der Waals surface area contributed by atoms with Crippen LogP contribution in [0, 0.1) is 0 Å². The Morgan fingerprint density at radius 3 is 2.56 bits per heavy atom. The Morgan fingerprint density at radius 1 is 1.08 bits per heavy atom. The summed E-state index contributed by atoms with van der Waals surface area (Å²) in [4.78, 5) is 13.4. The first-order valence-corrected chi connectivity index (χ1v) is 11.7. The van der Waals surface area contributed by atoms with Crippen LogP contribution >= 0.6 is 36.4 Å². The standard InChI is InChI=1S/C27H29ClN2O4.2ClH/c1-30(2)23-12-20(27(32)33)14-25(15-23)34-24-9-7-17-6-8-22(11-19(17)13-24)29-16-26(31)18-4-3-5-21(28)10-18;;/h3-5,7,9-10,12-15,22,26,29,31H,6,8,11,16H2,1-2H3,(H,32,33);2*1H/t22-,26+;;/m0../s1. The van der Waals surface area contributed by atoms with E-state index in [1.807, 2.05) is 49.3 Å². The Balaban J connectivity index is 0.00000228. The molecule has 9 heteroatoms. The monoisotopic (exact) mass is 552 g/mol. The number of fused-ring (bicyclic) bond motifs is 1. The van der Waals surface area contributed by atoms with Gasteiger partial charge in [-0.1, -0.05) is 29.8 Å². The third kappa shape index (κ3) is 7.51. The zero-order valence-corrected chi connectivity index (χ0v) is 22.5. The average molecular weight is 554 g/mol. The van der Waals surface area contributed by atoms with Crippen molar-refractivity contribution >= 4 is 48.1 Å². The van der Waals surface area contributed by atoms with E-state index >= 15 is 0 Å². The molecule has 0 spiro atoms. The smallest absolute Gasteiger partial charge is 0.335 e. The number of carboxylic acids is 1. The van der Waals surface area contributed by atoms with Crippen LogP contribution < -0.4 is 15.0 Å². The summed E-state index contributed by atoms with van der Waals surface area (Å²) in [5, 5.41) is 24.1. The molecule has 0 saturated carbocycles. The topological polar surface area (TPSA) is 82.0 Å². The van der Waals surface area contributed by atoms with Crippen LogP contribution in [0.4, 0.5) is 5.69 Å². The highest BCUT2D eigenvalue weighted by atomic mass is 35.5. The summed E-state index contributed by atoms with van der Waals surface area (Å²) in [6, 6.07) is 18.6. The summed E-state index contributed by atoms with van der Waals surface area (Å²) in [5.74, 6) is 0.164. The number of hydrogen-bond donors (Lipinski definition) is 3. The highest BCUT2D eigenvalue weighted by Crippen LogP contribution is 2.31. The maximum atomic E-state index is 11.5. The fourth-order valence-corrected chi connectivity index (χ4v) is 4.44. The lowest BCUT2D eigenvalue weighted by molar-refractivity contribution is 0.0696. The zero-order chi connectivity index (χ0) is 24.2. The van der Waals surface area contributed by atoms with Gasteiger partial charge in [0, 0.05) is 43.5 Å². The van der Waals surface area contributed by atoms with Crippen molar-refractivity contribution in [3.05, 3.63) is 87.9 Å². The van der Waals surface area contributed by atoms with E-state index in [2.05, 4.69) is 11.4 Å². The average Bonchev–Trinajstić information content (AvgIpc) is 2.82. The van der Waals surface area contributed by atoms with Crippen molar-refractivity contribution in [2.45, 2.75) is 31.4 Å². The molecule has 1 aliphatic rings. The summed E-state index contributed by atoms with van der Waals surface area (Å²) in [6.45, 7) is 0.450. The molecule has 0 aromatic heterocycles. The van der Waals surface area contributed by atoms with E-state index in [4.69, 9.17) is 16.3 Å². The fourth-order valence-electron chi connectivity index (χ4n) is 4.24. The SMILES string of the molecule is CN(C)c1cc(Oc2ccc3c(c2)C[C@@H](NC[C@@H](O)c2cccc(Cl)c2)CC3)cc(C(=O)O)c1.Cl.Cl. The first-order valence-electron chi connectivity index (χ1n) is 11.3. The van der Waals surface area contributed by atoms with E-state index in [1.165, 1.54) is 17.2 Å². The van der Waals surface area contributed by atoms with E-state index in [0.717, 1.165) is 30.5 Å². The number of anilines is 1. The van der Waals surface area contributed by atoms with Crippen molar-refractivity contribution in [3.8, 4) is 11.5 Å². The van der Waals surface area contributed by atoms with Crippen LogP contribution in [0.5, 0.6) is 11.5 Å². The predicted octanol–water partition coefficient (Wildman–Crippen LogP) is 5.92. The number of ether oxygens (including phenoxy) is 1. The van der Waals surface area contributed by atoms with E-state index in [1.54, 1.807) is 18.2 Å². The number of halogens is 3. The molecule has 3 aromatic carbocycles. The summed E-state index contributed by atoms with van der Waals surface area (Å²) < 4.78 is 6.07. The van der Waals surface area contributed by atoms with Gasteiger partial charge >= 0.3 is 5.97 Å². The molecule has 6 nitrogen and oxygen atoms in total. The van der Waals surface area contributed by atoms with E-state index in [-0.39, 0.29) is 36.4 Å². The Kier molecular flexibility index (Phi) is 10.9. The number of benzene rings is 3. The van der Waals surface area contributed by atoms with Crippen molar-refractivity contribution in [2.24, 2.45) is 0 Å². The lowest BCUT2D eigenvalue weighted by Gasteiger charge is -2.27. The number of aryl methyl sites for hydroxylation is 1. The molecular weight excluding hydrogens is 523 g/mol. The molecule has 2 atom stereocenters. The van der Waals surface area contributed by atoms with E-state index in [9.17, 15) is 15.0 Å². The third-order valence-electron chi connectivity index (χ3n) is 6.13. The number of nitrogens with zero attached hydrogens (tertiary/aromatic N) is 1. The van der Waals surface area contributed by atoms with Crippen LogP contribution in [0.3, 0.4) is 0 Å². The molecule has 194 valence electrons. The number of rotatable bonds is 8. The lowest BCUT2D eigenvalue weighted by atomic mass is 9.88. The maximum absolute atomic E-state index is 11.5. The van der Waals surface area contributed by atoms with E-state index in [0.29, 0.717) is 23.1 Å². The quantitative estimate of drug-likeness (QED) is 0.321. The van der Waals surface area contributed by atoms with Crippen molar-refractivity contribution in [2.75, 3.05) is 25.5 Å². The van der Waals surface area contributed by atoms with Gasteiger partial charge in [-0.3, -0.25) is 0 Å². The highest BCUT2D eigenvalue weighted by molar-refractivity contribution is 6.30. The van der Waals surface area contributed by atoms with E-state index < -0.39 is 12.1 Å². The van der Waals surface area contributed by atoms with Crippen LogP contribution in [-0.2, 0) is 12.8 Å². The number of hydrogen-bond acceptors (Lipinski definition) is 5. The van der Waals surface area contributed by atoms with Gasteiger partial charge in [0.1, 0.15) is 11.5 Å². The van der Waals surface area contributed by atoms with Gasteiger partial charge in [0.2, 0.25) is 0 Å². The number of aliphatic hydroxyl groups is 1. The Labute approximate surface area is 229 Å². The lowest BCUT2D eigenvalue weighted by Crippen LogP contribution is -2.37. The van der Waals surface area contributed by atoms with Crippen LogP contribution in [0.25, 0.3) is 0 Å². The van der Waals surface area contributed by atoms with Crippen molar-refractivity contribution in [3.63, 3.8) is 0 Å². The van der Waals surface area contributed by atoms with Crippen molar-refractivity contribution in [1.82, 2.24) is 5.32 Å². The minimum atomic E-state index is -0.993. The predicted molar refractivity (Wildman–Crippen MR) is 149 cm³/mol. The molecule has 4 rings (SSSR count). The second kappa shape index (κ2) is 13.2. The van der Waals surface area contributed by atoms with Crippen LogP contribution in [0.15, 0.2) is 60.7 Å². The molecule has 3 aromatic rings. The molecule has 0 saturated heterocycles. The minimum absolute atomic E-state index is 0. The second-order valence-electron chi connectivity index (χ2n) is 8.87. The number of carboxylic acid groups (broad SMARTS) is 1. The van der Waals surface area contributed by atoms with Gasteiger partial charge < -0.3 is 25.2 Å². The van der Waals surface area contributed by atoms with Gasteiger partial charge in [0.05, 0.1) is 11.7 Å². The van der Waals surface area contributed by atoms with Crippen molar-refractivity contribution < 1.29 is 19.7 Å². The Morgan fingerprint density at radius 2 is 1.86 bits per heavy atom. The summed E-state index contributed by atoms with van der Waals surface area (Å²) in [6.07, 6.45) is 2.14. The van der Waals surface area contributed by atoms with Gasteiger partial charge in [0.25, 0.3) is 0 Å². The molecule has 0 bridgehead atoms. The van der Waals surface area contributed by atoms with Crippen LogP contribution in [0.2, 0.25) is 5.02 Å². The molecule has 0 radical (unpaired) electrons. The molecule has 0 unspecified atom stereocenters. The molecule has 36 heavy (non-hydrogen) atoms. The van der Waals surface area contributed by atoms with Crippen LogP contribution in [-0.4, -0.2) is 42.9 Å². The Bertz CT molecular complexity index is 1190. The van der Waals surface area contributed by atoms with Gasteiger partial charge in [-0.2, -0.15) is 0 Å². The number of carbonyl (C=O) groups is 1. The number of aromatic carboxylic acids is 1. The molecule has 0 fully saturated rings. The minimum Gasteiger partial charge on any atom is -0.478 e. The largest absolute Gasteiger partial charge is 0.478 e. The molecule has 1 aliphatic carbocycles. The summed E-state index contributed by atoms with van der Waals surface area (Å²) in [5.41, 5.74) is 4.22. The number of aliphatic hydroxyl groups excluding tert-OH is 1. The maximum Gasteiger partial charge on any atom is 0.335 e. The molecule has 3 N–H and O–H groups in total. The van der Waals surface area contributed by atoms with Gasteiger partial charge in [-0.05, 0) is 72.4 Å². The third-order valence-corrected chi connectivity index (χ3v) is 6.36. The van der Waals surface area contributed by atoms with Crippen molar-refractivity contribution in [1.29, 1.82) is 0 Å². The van der Waals surface area contributed by atoms with Crippen LogP contribution in [0.1, 0.15) is 39.6 Å². The van der Waals surface area contributed by atoms with Gasteiger partial charge in [-0.15, -0.1) is 24.8 Å². The first-order chi connectivity index (χ1) is 16.3. The zero-order valence-electron chi connectivity index (χ0n) is 20.1. The number of nitrogens with one attached hydrogen (secondary N) is 1. The summed E-state index contributed by atoms with van der Waals surface area (Å²) >= 11 is 6.04. The van der Waals surface area contributed by atoms with Gasteiger partial charge in [0.15, 0.2) is 0 Å². The first kappa shape index (κ1) is 29.7. The highest BCUT2D eigenvalue weighted by Gasteiger charge is 2.20. The Hall–Kier alpha value is -2.48. The van der Waals surface area contributed by atoms with Gasteiger partial charge in [-0.25, -0.2) is 4.79 Å². The normalized spacial score (nSPS) is 15.1. The molecular formula is C27H31Cl3N2O4. The molecule has 0 heterocycles. The fraction of sp³-hybridized carbons (Fsp3) is 0.296. The molecule has 0 amide bonds. The second-order valence-corrected chi connectivity index (χ2v) is 9.30. The summed E-state index contributed by atoms with van der Waals surface area (Å²) in [7, 11) is 3.72.